The first-order valence-electron chi connectivity index (χ1n) is 5.81. The lowest BCUT2D eigenvalue weighted by molar-refractivity contribution is 0.0305. The third kappa shape index (κ3) is 2.97. The number of aryl methyl sites for hydroxylation is 1. The molecule has 2 aromatic heterocycles. The molecule has 0 radical (unpaired) electrons. The third-order valence-corrected chi connectivity index (χ3v) is 2.60. The summed E-state index contributed by atoms with van der Waals surface area (Å²) in [5.74, 6) is -0.151. The van der Waals surface area contributed by atoms with E-state index in [0.717, 1.165) is 11.1 Å². The lowest BCUT2D eigenvalue weighted by atomic mass is 10.1. The van der Waals surface area contributed by atoms with Crippen LogP contribution in [-0.4, -0.2) is 17.1 Å². The van der Waals surface area contributed by atoms with Gasteiger partial charge in [0.25, 0.3) is 0 Å². The molecule has 18 heavy (non-hydrogen) atoms. The average Bonchev–Trinajstić information content (AvgIpc) is 2.76. The summed E-state index contributed by atoms with van der Waals surface area (Å²) in [7, 11) is 0. The fourth-order valence-corrected chi connectivity index (χ4v) is 1.71. The molecule has 0 aliphatic carbocycles. The second-order valence-corrected chi connectivity index (χ2v) is 4.21. The van der Waals surface area contributed by atoms with Crippen LogP contribution in [0.25, 0.3) is 0 Å². The van der Waals surface area contributed by atoms with Gasteiger partial charge in [-0.15, -0.1) is 0 Å². The number of hydrogen-bond acceptors (Lipinski definition) is 4. The largest absolute Gasteiger partial charge is 0.457 e. The number of carbonyl (C=O) groups excluding carboxylic acids is 1. The van der Waals surface area contributed by atoms with Gasteiger partial charge in [0.1, 0.15) is 6.10 Å². The highest BCUT2D eigenvalue weighted by molar-refractivity contribution is 5.87. The summed E-state index contributed by atoms with van der Waals surface area (Å²) in [6.07, 6.45) is 5.39. The molecule has 0 spiro atoms. The number of pyridine rings is 1. The Morgan fingerprint density at radius 3 is 2.94 bits per heavy atom. The van der Waals surface area contributed by atoms with Crippen molar-refractivity contribution in [2.75, 3.05) is 0 Å². The second kappa shape index (κ2) is 5.49. The van der Waals surface area contributed by atoms with Crippen LogP contribution in [0.1, 0.15) is 28.6 Å². The van der Waals surface area contributed by atoms with Gasteiger partial charge in [-0.05, 0) is 31.5 Å². The third-order valence-electron chi connectivity index (χ3n) is 2.60. The number of ether oxygens (including phenoxy) is 1. The maximum absolute atomic E-state index is 11.8. The van der Waals surface area contributed by atoms with E-state index in [0.29, 0.717) is 6.42 Å². The molecule has 0 N–H and O–H groups in total. The Balaban J connectivity index is 1.94. The van der Waals surface area contributed by atoms with Gasteiger partial charge in [-0.1, -0.05) is 6.07 Å². The predicted octanol–water partition coefficient (Wildman–Crippen LogP) is 2.77. The minimum absolute atomic E-state index is 0.216. The summed E-state index contributed by atoms with van der Waals surface area (Å²) in [5, 5.41) is 0. The molecule has 4 nitrogen and oxygen atoms in total. The summed E-state index contributed by atoms with van der Waals surface area (Å²) >= 11 is 0. The maximum Gasteiger partial charge on any atom is 0.374 e. The van der Waals surface area contributed by atoms with E-state index in [9.17, 15) is 4.79 Å². The van der Waals surface area contributed by atoms with Crippen LogP contribution in [0.3, 0.4) is 0 Å². The second-order valence-electron chi connectivity index (χ2n) is 4.21. The van der Waals surface area contributed by atoms with E-state index < -0.39 is 5.97 Å². The first kappa shape index (κ1) is 12.4. The molecule has 0 amide bonds. The number of furan rings is 1. The average molecular weight is 245 g/mol. The van der Waals surface area contributed by atoms with Crippen LogP contribution < -0.4 is 0 Å². The van der Waals surface area contributed by atoms with E-state index in [1.165, 1.54) is 6.26 Å². The van der Waals surface area contributed by atoms with Crippen LogP contribution in [0.4, 0.5) is 0 Å². The molecular weight excluding hydrogens is 230 g/mol. The van der Waals surface area contributed by atoms with E-state index >= 15 is 0 Å². The Labute approximate surface area is 106 Å². The molecule has 0 fully saturated rings. The van der Waals surface area contributed by atoms with Crippen molar-refractivity contribution >= 4 is 5.97 Å². The van der Waals surface area contributed by atoms with Crippen molar-refractivity contribution in [1.29, 1.82) is 0 Å². The Bertz CT molecular complexity index is 519. The van der Waals surface area contributed by atoms with Crippen molar-refractivity contribution in [2.45, 2.75) is 26.4 Å². The van der Waals surface area contributed by atoms with Crippen LogP contribution in [0.5, 0.6) is 0 Å². The van der Waals surface area contributed by atoms with Gasteiger partial charge in [-0.3, -0.25) is 4.98 Å². The van der Waals surface area contributed by atoms with Crippen molar-refractivity contribution < 1.29 is 13.9 Å². The smallest absolute Gasteiger partial charge is 0.374 e. The van der Waals surface area contributed by atoms with Gasteiger partial charge in [0.15, 0.2) is 0 Å². The Kier molecular flexibility index (Phi) is 3.77. The fraction of sp³-hybridized carbons (Fsp3) is 0.286. The van der Waals surface area contributed by atoms with Crippen LogP contribution in [0, 0.1) is 6.92 Å². The van der Waals surface area contributed by atoms with Gasteiger partial charge in [0.2, 0.25) is 5.76 Å². The zero-order chi connectivity index (χ0) is 13.0. The van der Waals surface area contributed by atoms with Crippen LogP contribution >= 0.6 is 0 Å². The first-order valence-corrected chi connectivity index (χ1v) is 5.81. The van der Waals surface area contributed by atoms with Crippen molar-refractivity contribution in [2.24, 2.45) is 0 Å². The van der Waals surface area contributed by atoms with Gasteiger partial charge < -0.3 is 9.15 Å². The summed E-state index contributed by atoms with van der Waals surface area (Å²) < 4.78 is 10.4. The zero-order valence-corrected chi connectivity index (χ0v) is 10.4. The molecule has 1 unspecified atom stereocenters. The fourth-order valence-electron chi connectivity index (χ4n) is 1.71. The molecule has 2 heterocycles. The molecule has 0 aliphatic heterocycles. The molecule has 0 bridgehead atoms. The van der Waals surface area contributed by atoms with Crippen LogP contribution in [0.2, 0.25) is 0 Å². The van der Waals surface area contributed by atoms with Crippen molar-refractivity contribution in [3.63, 3.8) is 0 Å². The Hall–Kier alpha value is -2.10. The number of hydrogen-bond donors (Lipinski definition) is 0. The number of nitrogens with zero attached hydrogens (tertiary/aromatic N) is 1. The van der Waals surface area contributed by atoms with Gasteiger partial charge in [0, 0.05) is 24.4 Å². The number of aromatic nitrogens is 1. The van der Waals surface area contributed by atoms with E-state index in [1.807, 2.05) is 26.0 Å². The van der Waals surface area contributed by atoms with Gasteiger partial charge in [-0.25, -0.2) is 4.79 Å². The van der Waals surface area contributed by atoms with Crippen LogP contribution in [-0.2, 0) is 11.2 Å². The van der Waals surface area contributed by atoms with Crippen molar-refractivity contribution in [1.82, 2.24) is 4.98 Å². The van der Waals surface area contributed by atoms with Gasteiger partial charge >= 0.3 is 5.97 Å². The van der Waals surface area contributed by atoms with E-state index in [1.54, 1.807) is 18.5 Å². The standard InChI is InChI=1S/C14H15NO3/c1-10-5-7-17-13(10)14(16)18-11(2)8-12-4-3-6-15-9-12/h3-7,9,11H,8H2,1-2H3. The van der Waals surface area contributed by atoms with E-state index in [2.05, 4.69) is 4.98 Å². The molecule has 4 heteroatoms. The molecular formula is C14H15NO3. The van der Waals surface area contributed by atoms with E-state index in [-0.39, 0.29) is 11.9 Å². The van der Waals surface area contributed by atoms with Crippen LogP contribution in [0.15, 0.2) is 41.3 Å². The highest BCUT2D eigenvalue weighted by Gasteiger charge is 2.17. The SMILES string of the molecule is Cc1ccoc1C(=O)OC(C)Cc1cccnc1. The molecule has 1 atom stereocenters. The normalized spacial score (nSPS) is 12.1. The van der Waals surface area contributed by atoms with Crippen molar-refractivity contribution in [3.05, 3.63) is 53.7 Å². The minimum Gasteiger partial charge on any atom is -0.457 e. The lowest BCUT2D eigenvalue weighted by Gasteiger charge is -2.12. The number of rotatable bonds is 4. The summed E-state index contributed by atoms with van der Waals surface area (Å²) in [6, 6.07) is 5.55. The quantitative estimate of drug-likeness (QED) is 0.777. The lowest BCUT2D eigenvalue weighted by Crippen LogP contribution is -2.17. The first-order chi connectivity index (χ1) is 8.66. The summed E-state index contributed by atoms with van der Waals surface area (Å²) in [6.45, 7) is 3.66. The molecule has 0 aliphatic rings. The monoisotopic (exact) mass is 245 g/mol. The van der Waals surface area contributed by atoms with Gasteiger partial charge in [-0.2, -0.15) is 0 Å². The minimum atomic E-state index is -0.422. The molecule has 0 saturated carbocycles. The molecule has 94 valence electrons. The number of carbonyl (C=O) groups is 1. The van der Waals surface area contributed by atoms with Gasteiger partial charge in [0.05, 0.1) is 6.26 Å². The molecule has 0 aromatic carbocycles. The van der Waals surface area contributed by atoms with E-state index in [4.69, 9.17) is 9.15 Å². The summed E-state index contributed by atoms with van der Waals surface area (Å²) in [5.41, 5.74) is 1.82. The zero-order valence-electron chi connectivity index (χ0n) is 10.4. The molecule has 0 saturated heterocycles. The Morgan fingerprint density at radius 1 is 1.50 bits per heavy atom. The Morgan fingerprint density at radius 2 is 2.33 bits per heavy atom. The molecule has 2 aromatic rings. The highest BCUT2D eigenvalue weighted by Crippen LogP contribution is 2.13. The number of esters is 1. The topological polar surface area (TPSA) is 52.3 Å². The molecule has 2 rings (SSSR count). The summed E-state index contributed by atoms with van der Waals surface area (Å²) in [4.78, 5) is 15.8. The predicted molar refractivity (Wildman–Crippen MR) is 66.3 cm³/mol. The maximum atomic E-state index is 11.8. The highest BCUT2D eigenvalue weighted by atomic mass is 16.6. The van der Waals surface area contributed by atoms with Crippen molar-refractivity contribution in [3.8, 4) is 0 Å².